The van der Waals surface area contributed by atoms with E-state index in [1.165, 1.54) is 12.8 Å². The van der Waals surface area contributed by atoms with Crippen LogP contribution in [0.5, 0.6) is 0 Å². The minimum absolute atomic E-state index is 0.250. The van der Waals surface area contributed by atoms with Crippen LogP contribution in [0.25, 0.3) is 0 Å². The van der Waals surface area contributed by atoms with Crippen molar-refractivity contribution in [2.24, 2.45) is 0 Å². The lowest BCUT2D eigenvalue weighted by molar-refractivity contribution is -0.163. The van der Waals surface area contributed by atoms with Crippen molar-refractivity contribution in [2.45, 2.75) is 58.9 Å². The van der Waals surface area contributed by atoms with Crippen LogP contribution in [0.4, 0.5) is 0 Å². The molecule has 1 atom stereocenters. The maximum absolute atomic E-state index is 13.5. The number of nitrogens with zero attached hydrogens (tertiary/aromatic N) is 3. The predicted octanol–water partition coefficient (Wildman–Crippen LogP) is 2.37. The Morgan fingerprint density at radius 1 is 1.09 bits per heavy atom. The molecule has 5 heteroatoms. The third-order valence-electron chi connectivity index (χ3n) is 5.02. The van der Waals surface area contributed by atoms with Gasteiger partial charge in [0, 0.05) is 33.4 Å². The molecule has 1 aliphatic rings. The molecule has 0 N–H and O–H groups in total. The summed E-state index contributed by atoms with van der Waals surface area (Å²) in [5.74, 6) is 0.250. The summed E-state index contributed by atoms with van der Waals surface area (Å²) >= 11 is 0. The molecule has 22 heavy (non-hydrogen) atoms. The summed E-state index contributed by atoms with van der Waals surface area (Å²) in [4.78, 5) is 15.9. The van der Waals surface area contributed by atoms with Crippen LogP contribution in [-0.2, 0) is 9.53 Å². The third kappa shape index (κ3) is 4.00. The number of hydrogen-bond donors (Lipinski definition) is 0. The molecule has 1 rings (SSSR count). The second kappa shape index (κ2) is 9.48. The van der Waals surface area contributed by atoms with Crippen molar-refractivity contribution in [3.8, 4) is 0 Å². The van der Waals surface area contributed by atoms with Crippen molar-refractivity contribution in [3.63, 3.8) is 0 Å². The van der Waals surface area contributed by atoms with E-state index in [0.717, 1.165) is 45.6 Å². The first kappa shape index (κ1) is 19.4. The Hall–Kier alpha value is -0.650. The van der Waals surface area contributed by atoms with Gasteiger partial charge >= 0.3 is 0 Å². The first-order valence-corrected chi connectivity index (χ1v) is 8.91. The lowest BCUT2D eigenvalue weighted by Gasteiger charge is -2.45. The molecule has 1 fully saturated rings. The summed E-state index contributed by atoms with van der Waals surface area (Å²) in [6, 6.07) is 0. The highest BCUT2D eigenvalue weighted by Crippen LogP contribution is 2.31. The molecular weight excluding hydrogens is 278 g/mol. The molecule has 0 aliphatic carbocycles. The molecule has 130 valence electrons. The summed E-state index contributed by atoms with van der Waals surface area (Å²) in [5.41, 5.74) is -0.412. The molecule has 0 aromatic carbocycles. The summed E-state index contributed by atoms with van der Waals surface area (Å²) in [6.45, 7) is 13.6. The van der Waals surface area contributed by atoms with Gasteiger partial charge in [-0.2, -0.15) is 0 Å². The van der Waals surface area contributed by atoms with Gasteiger partial charge in [0.05, 0.1) is 0 Å². The van der Waals surface area contributed by atoms with Gasteiger partial charge in [0.2, 0.25) is 0 Å². The van der Waals surface area contributed by atoms with Crippen molar-refractivity contribution < 1.29 is 9.53 Å². The number of hydrazine groups is 1. The van der Waals surface area contributed by atoms with E-state index in [9.17, 15) is 4.79 Å². The maximum atomic E-state index is 13.5. The molecule has 0 radical (unpaired) electrons. The number of rotatable bonds is 10. The largest absolute Gasteiger partial charge is 0.385 e. The van der Waals surface area contributed by atoms with E-state index in [-0.39, 0.29) is 5.91 Å². The average Bonchev–Trinajstić information content (AvgIpc) is 3.08. The second-order valence-electron chi connectivity index (χ2n) is 5.98. The molecule has 1 saturated heterocycles. The van der Waals surface area contributed by atoms with Crippen molar-refractivity contribution in [3.05, 3.63) is 0 Å². The van der Waals surface area contributed by atoms with Crippen LogP contribution in [-0.4, -0.2) is 72.8 Å². The van der Waals surface area contributed by atoms with E-state index in [4.69, 9.17) is 4.74 Å². The van der Waals surface area contributed by atoms with Crippen LogP contribution < -0.4 is 0 Å². The van der Waals surface area contributed by atoms with Gasteiger partial charge in [0.15, 0.2) is 0 Å². The first-order valence-electron chi connectivity index (χ1n) is 8.91. The smallest absolute Gasteiger partial charge is 0.257 e. The topological polar surface area (TPSA) is 36.0 Å². The zero-order valence-corrected chi connectivity index (χ0v) is 15.2. The number of carbonyl (C=O) groups is 1. The Balaban J connectivity index is 3.08. The van der Waals surface area contributed by atoms with Crippen molar-refractivity contribution in [1.29, 1.82) is 0 Å². The van der Waals surface area contributed by atoms with Gasteiger partial charge in [0.25, 0.3) is 5.91 Å². The van der Waals surface area contributed by atoms with Crippen molar-refractivity contribution in [1.82, 2.24) is 14.9 Å². The maximum Gasteiger partial charge on any atom is 0.257 e. The van der Waals surface area contributed by atoms with Gasteiger partial charge in [-0.1, -0.05) is 20.8 Å². The molecule has 0 aromatic heterocycles. The fraction of sp³-hybridized carbons (Fsp3) is 0.941. The van der Waals surface area contributed by atoms with Crippen LogP contribution >= 0.6 is 0 Å². The Kier molecular flexibility index (Phi) is 8.36. The van der Waals surface area contributed by atoms with Crippen LogP contribution in [0.1, 0.15) is 53.4 Å². The zero-order valence-electron chi connectivity index (χ0n) is 15.2. The average molecular weight is 313 g/mol. The lowest BCUT2D eigenvalue weighted by Crippen LogP contribution is -2.62. The van der Waals surface area contributed by atoms with Gasteiger partial charge in [-0.15, -0.1) is 0 Å². The van der Waals surface area contributed by atoms with E-state index in [0.29, 0.717) is 6.61 Å². The minimum Gasteiger partial charge on any atom is -0.385 e. The number of carbonyl (C=O) groups excluding carboxylic acids is 1. The zero-order chi connectivity index (χ0) is 16.6. The number of ether oxygens (including phenoxy) is 1. The molecule has 1 unspecified atom stereocenters. The number of amides is 1. The van der Waals surface area contributed by atoms with Gasteiger partial charge in [0.1, 0.15) is 5.54 Å². The third-order valence-corrected chi connectivity index (χ3v) is 5.02. The number of hydrogen-bond acceptors (Lipinski definition) is 4. The molecule has 1 amide bonds. The van der Waals surface area contributed by atoms with Crippen LogP contribution in [0, 0.1) is 0 Å². The molecule has 0 aromatic rings. The molecule has 0 bridgehead atoms. The molecule has 1 aliphatic heterocycles. The van der Waals surface area contributed by atoms with Crippen LogP contribution in [0.3, 0.4) is 0 Å². The lowest BCUT2D eigenvalue weighted by atomic mass is 9.88. The van der Waals surface area contributed by atoms with Gasteiger partial charge in [-0.05, 0) is 45.7 Å². The Bertz CT molecular complexity index is 328. The fourth-order valence-electron chi connectivity index (χ4n) is 3.65. The van der Waals surface area contributed by atoms with Crippen molar-refractivity contribution >= 4 is 5.91 Å². The second-order valence-corrected chi connectivity index (χ2v) is 5.98. The predicted molar refractivity (Wildman–Crippen MR) is 90.6 cm³/mol. The van der Waals surface area contributed by atoms with E-state index in [1.54, 1.807) is 7.11 Å². The van der Waals surface area contributed by atoms with E-state index in [1.807, 2.05) is 5.01 Å². The van der Waals surface area contributed by atoms with E-state index in [2.05, 4.69) is 37.6 Å². The monoisotopic (exact) mass is 313 g/mol. The molecule has 0 spiro atoms. The number of likely N-dealkylation sites (tertiary alicyclic amines) is 1. The highest BCUT2D eigenvalue weighted by Gasteiger charge is 2.45. The number of methoxy groups -OCH3 is 1. The van der Waals surface area contributed by atoms with Crippen molar-refractivity contribution in [2.75, 3.05) is 46.4 Å². The normalized spacial score (nSPS) is 18.6. The minimum atomic E-state index is -0.412. The first-order chi connectivity index (χ1) is 10.6. The van der Waals surface area contributed by atoms with Gasteiger partial charge in [-0.25, -0.2) is 5.01 Å². The summed E-state index contributed by atoms with van der Waals surface area (Å²) < 4.78 is 5.32. The fourth-order valence-corrected chi connectivity index (χ4v) is 3.65. The Morgan fingerprint density at radius 3 is 2.09 bits per heavy atom. The highest BCUT2D eigenvalue weighted by atomic mass is 16.5. The molecule has 1 heterocycles. The summed E-state index contributed by atoms with van der Waals surface area (Å²) in [6.07, 6.45) is 4.00. The summed E-state index contributed by atoms with van der Waals surface area (Å²) in [5, 5.41) is 4.10. The van der Waals surface area contributed by atoms with Gasteiger partial charge in [-0.3, -0.25) is 14.7 Å². The number of likely N-dealkylation sites (N-methyl/N-ethyl adjacent to an activating group) is 1. The standard InChI is InChI=1S/C17H35N3O2/c1-6-17(12-15-22-5,18-13-10-11-14-18)16(21)20(9-4)19(7-2)8-3/h6-15H2,1-5H3. The molecule has 5 nitrogen and oxygen atoms in total. The quantitative estimate of drug-likeness (QED) is 0.580. The van der Waals surface area contributed by atoms with Crippen LogP contribution in [0.2, 0.25) is 0 Å². The van der Waals surface area contributed by atoms with Crippen LogP contribution in [0.15, 0.2) is 0 Å². The molecular formula is C17H35N3O2. The summed E-state index contributed by atoms with van der Waals surface area (Å²) in [7, 11) is 1.72. The van der Waals surface area contributed by atoms with E-state index < -0.39 is 5.54 Å². The molecule has 0 saturated carbocycles. The Labute approximate surface area is 136 Å². The highest BCUT2D eigenvalue weighted by molar-refractivity contribution is 5.86. The Morgan fingerprint density at radius 2 is 1.68 bits per heavy atom. The van der Waals surface area contributed by atoms with Gasteiger partial charge < -0.3 is 4.74 Å². The SMILES string of the molecule is CCN(CC)N(CC)C(=O)C(CC)(CCOC)N1CCCC1. The van der Waals surface area contributed by atoms with E-state index >= 15 is 0 Å².